The molecule has 3 nitrogen and oxygen atoms in total. The highest BCUT2D eigenvalue weighted by Crippen LogP contribution is 2.67. The minimum atomic E-state index is -0.0117. The molecule has 5 rings (SSSR count). The van der Waals surface area contributed by atoms with Crippen molar-refractivity contribution in [2.75, 3.05) is 14.2 Å². The summed E-state index contributed by atoms with van der Waals surface area (Å²) < 4.78 is 18.2. The van der Waals surface area contributed by atoms with Crippen LogP contribution in [0.5, 0.6) is 17.2 Å². The molecule has 0 unspecified atom stereocenters. The quantitative estimate of drug-likeness (QED) is 0.679. The van der Waals surface area contributed by atoms with Crippen molar-refractivity contribution < 1.29 is 14.2 Å². The van der Waals surface area contributed by atoms with Crippen molar-refractivity contribution in [3.8, 4) is 17.2 Å². The van der Waals surface area contributed by atoms with Gasteiger partial charge in [0, 0.05) is 23.6 Å². The molecule has 3 saturated carbocycles. The second kappa shape index (κ2) is 6.07. The van der Waals surface area contributed by atoms with E-state index in [1.807, 2.05) is 6.07 Å². The molecule has 3 aliphatic carbocycles. The maximum atomic E-state index is 6.88. The molecule has 0 amide bonds. The van der Waals surface area contributed by atoms with Crippen molar-refractivity contribution in [2.24, 2.45) is 23.2 Å². The van der Waals surface area contributed by atoms with Crippen LogP contribution in [0.4, 0.5) is 0 Å². The third-order valence-electron chi connectivity index (χ3n) is 7.62. The molecule has 1 aromatic rings. The Labute approximate surface area is 158 Å². The van der Waals surface area contributed by atoms with Crippen LogP contribution < -0.4 is 14.2 Å². The van der Waals surface area contributed by atoms with E-state index in [1.54, 1.807) is 14.2 Å². The lowest BCUT2D eigenvalue weighted by molar-refractivity contribution is -0.198. The van der Waals surface area contributed by atoms with Gasteiger partial charge >= 0.3 is 0 Å². The van der Waals surface area contributed by atoms with Crippen LogP contribution in [-0.4, -0.2) is 19.8 Å². The van der Waals surface area contributed by atoms with Gasteiger partial charge in [0.1, 0.15) is 22.8 Å². The van der Waals surface area contributed by atoms with Crippen molar-refractivity contribution in [1.29, 1.82) is 0 Å². The van der Waals surface area contributed by atoms with Gasteiger partial charge in [-0.15, -0.1) is 0 Å². The van der Waals surface area contributed by atoms with Crippen LogP contribution in [0.1, 0.15) is 71.3 Å². The van der Waals surface area contributed by atoms with Crippen LogP contribution >= 0.6 is 0 Å². The van der Waals surface area contributed by atoms with Gasteiger partial charge in [-0.25, -0.2) is 0 Å². The zero-order valence-electron chi connectivity index (χ0n) is 17.2. The SMILES string of the molecule is COc1cc(OC)c2c(c1)O[C@]1(CC[C@H]3C[C@@H]1C3(C)C)C[C@@H]2CC(C)C. The maximum absolute atomic E-state index is 6.88. The molecule has 144 valence electrons. The molecule has 0 N–H and O–H groups in total. The average molecular weight is 359 g/mol. The normalized spacial score (nSPS) is 34.0. The molecular weight excluding hydrogens is 324 g/mol. The van der Waals surface area contributed by atoms with Crippen LogP contribution in [-0.2, 0) is 0 Å². The van der Waals surface area contributed by atoms with Crippen molar-refractivity contribution in [1.82, 2.24) is 0 Å². The van der Waals surface area contributed by atoms with Crippen molar-refractivity contribution >= 4 is 0 Å². The topological polar surface area (TPSA) is 27.7 Å². The van der Waals surface area contributed by atoms with Gasteiger partial charge < -0.3 is 14.2 Å². The zero-order valence-corrected chi connectivity index (χ0v) is 17.2. The van der Waals surface area contributed by atoms with E-state index in [2.05, 4.69) is 33.8 Å². The number of hydrogen-bond acceptors (Lipinski definition) is 3. The lowest BCUT2D eigenvalue weighted by Crippen LogP contribution is -2.64. The van der Waals surface area contributed by atoms with Gasteiger partial charge in [0.15, 0.2) is 0 Å². The summed E-state index contributed by atoms with van der Waals surface area (Å²) in [5.41, 5.74) is 1.65. The monoisotopic (exact) mass is 358 g/mol. The fourth-order valence-electron chi connectivity index (χ4n) is 6.26. The summed E-state index contributed by atoms with van der Waals surface area (Å²) in [5, 5.41) is 0. The van der Waals surface area contributed by atoms with Gasteiger partial charge in [0.2, 0.25) is 0 Å². The Morgan fingerprint density at radius 3 is 2.54 bits per heavy atom. The van der Waals surface area contributed by atoms with Gasteiger partial charge in [-0.3, -0.25) is 0 Å². The van der Waals surface area contributed by atoms with Crippen molar-refractivity contribution in [3.63, 3.8) is 0 Å². The molecule has 4 atom stereocenters. The Bertz CT molecular complexity index is 691. The minimum absolute atomic E-state index is 0.0117. The summed E-state index contributed by atoms with van der Waals surface area (Å²) in [7, 11) is 3.47. The van der Waals surface area contributed by atoms with Crippen LogP contribution in [0, 0.1) is 23.2 Å². The molecule has 3 fully saturated rings. The first kappa shape index (κ1) is 18.0. The van der Waals surface area contributed by atoms with Gasteiger partial charge in [0.25, 0.3) is 0 Å². The lowest BCUT2D eigenvalue weighted by atomic mass is 9.42. The first-order valence-electron chi connectivity index (χ1n) is 10.3. The van der Waals surface area contributed by atoms with Crippen molar-refractivity contribution in [2.45, 2.75) is 71.3 Å². The molecule has 4 aliphatic rings. The second-order valence-corrected chi connectivity index (χ2v) is 9.78. The lowest BCUT2D eigenvalue weighted by Gasteiger charge is -2.66. The van der Waals surface area contributed by atoms with E-state index >= 15 is 0 Å². The summed E-state index contributed by atoms with van der Waals surface area (Å²) in [6.07, 6.45) is 6.13. The van der Waals surface area contributed by atoms with Gasteiger partial charge in [-0.05, 0) is 55.3 Å². The van der Waals surface area contributed by atoms with Crippen LogP contribution in [0.2, 0.25) is 0 Å². The van der Waals surface area contributed by atoms with Crippen LogP contribution in [0.3, 0.4) is 0 Å². The number of ether oxygens (including phenoxy) is 3. The van der Waals surface area contributed by atoms with Gasteiger partial charge in [-0.2, -0.15) is 0 Å². The smallest absolute Gasteiger partial charge is 0.131 e. The molecule has 1 spiro atoms. The Balaban J connectivity index is 1.79. The van der Waals surface area contributed by atoms with Crippen molar-refractivity contribution in [3.05, 3.63) is 17.7 Å². The predicted molar refractivity (Wildman–Crippen MR) is 104 cm³/mol. The molecule has 26 heavy (non-hydrogen) atoms. The third kappa shape index (κ3) is 2.53. The largest absolute Gasteiger partial charge is 0.496 e. The van der Waals surface area contributed by atoms with E-state index in [9.17, 15) is 0 Å². The average Bonchev–Trinajstić information content (AvgIpc) is 2.59. The first-order chi connectivity index (χ1) is 12.3. The van der Waals surface area contributed by atoms with E-state index in [1.165, 1.54) is 31.2 Å². The highest BCUT2D eigenvalue weighted by Gasteiger charge is 2.64. The maximum Gasteiger partial charge on any atom is 0.131 e. The van der Waals surface area contributed by atoms with Gasteiger partial charge in [-0.1, -0.05) is 27.7 Å². The van der Waals surface area contributed by atoms with Crippen LogP contribution in [0.25, 0.3) is 0 Å². The Morgan fingerprint density at radius 1 is 1.19 bits per heavy atom. The molecule has 1 aromatic carbocycles. The van der Waals surface area contributed by atoms with E-state index < -0.39 is 0 Å². The summed E-state index contributed by atoms with van der Waals surface area (Å²) in [6, 6.07) is 4.10. The number of methoxy groups -OCH3 is 2. The number of benzene rings is 1. The summed E-state index contributed by atoms with van der Waals surface area (Å²) in [4.78, 5) is 0. The Kier molecular flexibility index (Phi) is 4.20. The second-order valence-electron chi connectivity index (χ2n) is 9.78. The molecular formula is C23H34O3. The summed E-state index contributed by atoms with van der Waals surface area (Å²) >= 11 is 0. The van der Waals surface area contributed by atoms with Gasteiger partial charge in [0.05, 0.1) is 14.2 Å². The standard InChI is InChI=1S/C23H34O3/c1-14(2)9-15-13-23(8-7-16-10-20(23)22(16,3)4)26-19-12-17(24-5)11-18(25-6)21(15)19/h11-12,14-16,20H,7-10,13H2,1-6H3/t15-,16-,20+,23+/m0/s1. The summed E-state index contributed by atoms with van der Waals surface area (Å²) in [6.45, 7) is 9.55. The Hall–Kier alpha value is -1.38. The van der Waals surface area contributed by atoms with E-state index in [-0.39, 0.29) is 5.60 Å². The molecule has 0 radical (unpaired) electrons. The van der Waals surface area contributed by atoms with E-state index in [0.717, 1.165) is 29.6 Å². The highest BCUT2D eigenvalue weighted by molar-refractivity contribution is 5.54. The zero-order chi connectivity index (χ0) is 18.7. The van der Waals surface area contributed by atoms with E-state index in [4.69, 9.17) is 14.2 Å². The molecule has 2 bridgehead atoms. The fraction of sp³-hybridized carbons (Fsp3) is 0.739. The number of hydrogen-bond donors (Lipinski definition) is 0. The Morgan fingerprint density at radius 2 is 1.96 bits per heavy atom. The number of rotatable bonds is 4. The first-order valence-corrected chi connectivity index (χ1v) is 10.3. The van der Waals surface area contributed by atoms with Crippen LogP contribution in [0.15, 0.2) is 12.1 Å². The molecule has 0 aromatic heterocycles. The molecule has 0 saturated heterocycles. The fourth-order valence-corrected chi connectivity index (χ4v) is 6.26. The summed E-state index contributed by atoms with van der Waals surface area (Å²) in [5.74, 6) is 5.43. The number of fused-ring (bicyclic) bond motifs is 2. The molecule has 3 heteroatoms. The highest BCUT2D eigenvalue weighted by atomic mass is 16.5. The minimum Gasteiger partial charge on any atom is -0.496 e. The van der Waals surface area contributed by atoms with E-state index in [0.29, 0.717) is 23.2 Å². The predicted octanol–water partition coefficient (Wildman–Crippen LogP) is 5.81. The molecule has 1 heterocycles. The molecule has 1 aliphatic heterocycles. The third-order valence-corrected chi connectivity index (χ3v) is 7.62.